The Morgan fingerprint density at radius 1 is 1.19 bits per heavy atom. The smallest absolute Gasteiger partial charge is 0.233 e. The molecular weight excluding hydrogens is 346 g/mol. The molecule has 0 atom stereocenters. The van der Waals surface area contributed by atoms with Crippen LogP contribution in [0.4, 0.5) is 0 Å². The minimum Gasteiger partial charge on any atom is -0.497 e. The monoisotopic (exact) mass is 369 g/mol. The molecule has 0 bridgehead atoms. The number of fused-ring (bicyclic) bond motifs is 1. The van der Waals surface area contributed by atoms with Gasteiger partial charge in [0.2, 0.25) is 5.91 Å². The molecule has 6 heteroatoms. The van der Waals surface area contributed by atoms with Gasteiger partial charge in [-0.3, -0.25) is 4.79 Å². The Balaban J connectivity index is 1.62. The van der Waals surface area contributed by atoms with Gasteiger partial charge < -0.3 is 14.2 Å². The number of aromatic nitrogens is 2. The van der Waals surface area contributed by atoms with Crippen LogP contribution in [-0.2, 0) is 17.9 Å². The van der Waals surface area contributed by atoms with E-state index in [0.29, 0.717) is 12.3 Å². The number of thioether (sulfide) groups is 1. The van der Waals surface area contributed by atoms with Gasteiger partial charge >= 0.3 is 0 Å². The molecule has 0 aliphatic heterocycles. The number of benzene rings is 2. The summed E-state index contributed by atoms with van der Waals surface area (Å²) in [5.41, 5.74) is 3.15. The number of ether oxygens (including phenoxy) is 1. The van der Waals surface area contributed by atoms with Crippen molar-refractivity contribution >= 4 is 28.7 Å². The Bertz CT molecular complexity index is 890. The Morgan fingerprint density at radius 2 is 1.92 bits per heavy atom. The highest BCUT2D eigenvalue weighted by Gasteiger charge is 2.14. The molecule has 5 nitrogen and oxygen atoms in total. The molecule has 2 aromatic carbocycles. The summed E-state index contributed by atoms with van der Waals surface area (Å²) in [5, 5.41) is 0.889. The van der Waals surface area contributed by atoms with E-state index in [1.165, 1.54) is 11.8 Å². The Morgan fingerprint density at radius 3 is 2.62 bits per heavy atom. The highest BCUT2D eigenvalue weighted by Crippen LogP contribution is 2.24. The Labute approximate surface area is 158 Å². The van der Waals surface area contributed by atoms with Crippen molar-refractivity contribution in [2.75, 3.05) is 19.9 Å². The number of para-hydroxylation sites is 2. The zero-order valence-corrected chi connectivity index (χ0v) is 16.1. The molecule has 0 saturated carbocycles. The van der Waals surface area contributed by atoms with E-state index in [9.17, 15) is 4.79 Å². The van der Waals surface area contributed by atoms with E-state index >= 15 is 0 Å². The highest BCUT2D eigenvalue weighted by molar-refractivity contribution is 7.99. The molecular formula is C20H23N3O2S. The molecule has 1 heterocycles. The molecule has 0 fully saturated rings. The summed E-state index contributed by atoms with van der Waals surface area (Å²) in [6.45, 7) is 3.50. The third-order valence-corrected chi connectivity index (χ3v) is 5.23. The third-order valence-electron chi connectivity index (χ3n) is 4.27. The van der Waals surface area contributed by atoms with Crippen LogP contribution in [0.2, 0.25) is 0 Å². The van der Waals surface area contributed by atoms with Crippen molar-refractivity contribution in [2.45, 2.75) is 25.2 Å². The number of hydrogen-bond acceptors (Lipinski definition) is 4. The van der Waals surface area contributed by atoms with Crippen molar-refractivity contribution in [3.05, 3.63) is 54.1 Å². The number of aryl methyl sites for hydroxylation is 1. The second-order valence-electron chi connectivity index (χ2n) is 6.01. The van der Waals surface area contributed by atoms with Gasteiger partial charge in [0.05, 0.1) is 23.9 Å². The first-order valence-corrected chi connectivity index (χ1v) is 9.56. The van der Waals surface area contributed by atoms with Crippen molar-refractivity contribution in [3.8, 4) is 5.75 Å². The van der Waals surface area contributed by atoms with E-state index < -0.39 is 0 Å². The quantitative estimate of drug-likeness (QED) is 0.594. The number of carbonyl (C=O) groups excluding carboxylic acids is 1. The van der Waals surface area contributed by atoms with Gasteiger partial charge in [-0.1, -0.05) is 36.0 Å². The summed E-state index contributed by atoms with van der Waals surface area (Å²) in [5.74, 6) is 1.27. The molecule has 136 valence electrons. The molecule has 0 saturated heterocycles. The topological polar surface area (TPSA) is 47.4 Å². The highest BCUT2D eigenvalue weighted by atomic mass is 32.2. The largest absolute Gasteiger partial charge is 0.497 e. The maximum absolute atomic E-state index is 12.5. The molecule has 0 radical (unpaired) electrons. The van der Waals surface area contributed by atoms with Crippen LogP contribution in [-0.4, -0.2) is 40.3 Å². The Kier molecular flexibility index (Phi) is 5.83. The van der Waals surface area contributed by atoms with Gasteiger partial charge in [-0.15, -0.1) is 0 Å². The van der Waals surface area contributed by atoms with Gasteiger partial charge in [-0.2, -0.15) is 0 Å². The van der Waals surface area contributed by atoms with E-state index in [0.717, 1.165) is 34.0 Å². The summed E-state index contributed by atoms with van der Waals surface area (Å²) in [6.07, 6.45) is 0. The maximum Gasteiger partial charge on any atom is 0.233 e. The van der Waals surface area contributed by atoms with Crippen LogP contribution in [0.5, 0.6) is 5.75 Å². The first kappa shape index (κ1) is 18.3. The van der Waals surface area contributed by atoms with Crippen LogP contribution in [0.25, 0.3) is 11.0 Å². The standard InChI is InChI=1S/C20H23N3O2S/c1-4-23-18-8-6-5-7-17(18)21-20(23)26-14-19(24)22(2)13-15-9-11-16(25-3)12-10-15/h5-12H,4,13-14H2,1-3H3. The number of methoxy groups -OCH3 is 1. The minimum absolute atomic E-state index is 0.0838. The van der Waals surface area contributed by atoms with Crippen LogP contribution >= 0.6 is 11.8 Å². The molecule has 3 rings (SSSR count). The molecule has 26 heavy (non-hydrogen) atoms. The number of amides is 1. The number of carbonyl (C=O) groups is 1. The number of nitrogens with zero attached hydrogens (tertiary/aromatic N) is 3. The van der Waals surface area contributed by atoms with E-state index in [2.05, 4.69) is 22.5 Å². The van der Waals surface area contributed by atoms with E-state index in [4.69, 9.17) is 4.74 Å². The van der Waals surface area contributed by atoms with Crippen molar-refractivity contribution in [2.24, 2.45) is 0 Å². The lowest BCUT2D eigenvalue weighted by Crippen LogP contribution is -2.27. The number of hydrogen-bond donors (Lipinski definition) is 0. The fraction of sp³-hybridized carbons (Fsp3) is 0.300. The van der Waals surface area contributed by atoms with Gasteiger partial charge in [-0.05, 0) is 36.8 Å². The second-order valence-corrected chi connectivity index (χ2v) is 6.96. The van der Waals surface area contributed by atoms with Crippen LogP contribution in [0.3, 0.4) is 0 Å². The van der Waals surface area contributed by atoms with E-state index in [1.807, 2.05) is 49.5 Å². The first-order valence-electron chi connectivity index (χ1n) is 8.57. The van der Waals surface area contributed by atoms with Crippen molar-refractivity contribution in [1.82, 2.24) is 14.5 Å². The summed E-state index contributed by atoms with van der Waals surface area (Å²) >= 11 is 1.49. The number of rotatable bonds is 7. The zero-order valence-electron chi connectivity index (χ0n) is 15.3. The van der Waals surface area contributed by atoms with E-state index in [1.54, 1.807) is 12.0 Å². The maximum atomic E-state index is 12.5. The van der Waals surface area contributed by atoms with Crippen molar-refractivity contribution in [1.29, 1.82) is 0 Å². The summed E-state index contributed by atoms with van der Waals surface area (Å²) < 4.78 is 7.31. The predicted molar refractivity (Wildman–Crippen MR) is 106 cm³/mol. The molecule has 1 aromatic heterocycles. The molecule has 3 aromatic rings. The van der Waals surface area contributed by atoms with Gasteiger partial charge in [0.25, 0.3) is 0 Å². The molecule has 1 amide bonds. The van der Waals surface area contributed by atoms with Gasteiger partial charge in [0, 0.05) is 20.1 Å². The molecule has 0 spiro atoms. The third kappa shape index (κ3) is 4.02. The summed E-state index contributed by atoms with van der Waals surface area (Å²) in [7, 11) is 3.47. The molecule has 0 aliphatic carbocycles. The van der Waals surface area contributed by atoms with Crippen LogP contribution in [0.15, 0.2) is 53.7 Å². The van der Waals surface area contributed by atoms with Gasteiger partial charge in [0.1, 0.15) is 5.75 Å². The lowest BCUT2D eigenvalue weighted by Gasteiger charge is -2.17. The fourth-order valence-electron chi connectivity index (χ4n) is 2.80. The van der Waals surface area contributed by atoms with Gasteiger partial charge in [-0.25, -0.2) is 4.98 Å². The van der Waals surface area contributed by atoms with Gasteiger partial charge in [0.15, 0.2) is 5.16 Å². The average molecular weight is 369 g/mol. The number of imidazole rings is 1. The van der Waals surface area contributed by atoms with Crippen molar-refractivity contribution < 1.29 is 9.53 Å². The molecule has 0 N–H and O–H groups in total. The zero-order chi connectivity index (χ0) is 18.5. The average Bonchev–Trinajstić information content (AvgIpc) is 3.04. The minimum atomic E-state index is 0.0838. The fourth-order valence-corrected chi connectivity index (χ4v) is 3.82. The summed E-state index contributed by atoms with van der Waals surface area (Å²) in [6, 6.07) is 15.8. The normalized spacial score (nSPS) is 10.9. The lowest BCUT2D eigenvalue weighted by molar-refractivity contribution is -0.127. The lowest BCUT2D eigenvalue weighted by atomic mass is 10.2. The SMILES string of the molecule is CCn1c(SCC(=O)N(C)Cc2ccc(OC)cc2)nc2ccccc21. The van der Waals surface area contributed by atoms with E-state index in [-0.39, 0.29) is 5.91 Å². The molecule has 0 aliphatic rings. The van der Waals surface area contributed by atoms with Crippen LogP contribution in [0.1, 0.15) is 12.5 Å². The van der Waals surface area contributed by atoms with Crippen LogP contribution in [0, 0.1) is 0 Å². The summed E-state index contributed by atoms with van der Waals surface area (Å²) in [4.78, 5) is 18.9. The first-order chi connectivity index (χ1) is 12.6. The second kappa shape index (κ2) is 8.27. The molecule has 0 unspecified atom stereocenters. The predicted octanol–water partition coefficient (Wildman–Crippen LogP) is 3.82. The van der Waals surface area contributed by atoms with Crippen molar-refractivity contribution in [3.63, 3.8) is 0 Å². The van der Waals surface area contributed by atoms with Crippen LogP contribution < -0.4 is 4.74 Å². The Hall–Kier alpha value is -2.47.